The van der Waals surface area contributed by atoms with Gasteiger partial charge < -0.3 is 10.4 Å². The van der Waals surface area contributed by atoms with E-state index in [1.807, 2.05) is 0 Å². The second kappa shape index (κ2) is 15.9. The molecule has 0 aliphatic carbocycles. The van der Waals surface area contributed by atoms with Crippen molar-refractivity contribution in [2.45, 2.75) is 59.3 Å². The van der Waals surface area contributed by atoms with Crippen LogP contribution in [0.15, 0.2) is 0 Å². The van der Waals surface area contributed by atoms with Crippen LogP contribution in [0.25, 0.3) is 0 Å². The summed E-state index contributed by atoms with van der Waals surface area (Å²) in [5.74, 6) is -0.833. The maximum absolute atomic E-state index is 9.00. The van der Waals surface area contributed by atoms with Crippen molar-refractivity contribution in [1.82, 2.24) is 5.32 Å². The van der Waals surface area contributed by atoms with Gasteiger partial charge in [0, 0.05) is 6.92 Å². The number of hydrogen-bond donors (Lipinski definition) is 2. The first-order valence-electron chi connectivity index (χ1n) is 6.05. The largest absolute Gasteiger partial charge is 0.481 e. The van der Waals surface area contributed by atoms with Crippen molar-refractivity contribution < 1.29 is 9.90 Å². The lowest BCUT2D eigenvalue weighted by Crippen LogP contribution is -2.16. The minimum Gasteiger partial charge on any atom is -0.481 e. The molecule has 0 aromatic heterocycles. The van der Waals surface area contributed by atoms with Crippen LogP contribution in [-0.2, 0) is 4.79 Å². The van der Waals surface area contributed by atoms with Gasteiger partial charge in [0.15, 0.2) is 0 Å². The SMILES string of the molecule is CC(=O)O.CCCCCNCCCCC. The summed E-state index contributed by atoms with van der Waals surface area (Å²) in [6, 6.07) is 0. The Bertz CT molecular complexity index is 115. The average molecular weight is 217 g/mol. The van der Waals surface area contributed by atoms with Crippen LogP contribution in [0.3, 0.4) is 0 Å². The minimum atomic E-state index is -0.833. The number of carboxylic acids is 1. The molecule has 0 atom stereocenters. The molecule has 0 amide bonds. The molecule has 0 radical (unpaired) electrons. The van der Waals surface area contributed by atoms with Gasteiger partial charge in [-0.05, 0) is 25.9 Å². The lowest BCUT2D eigenvalue weighted by molar-refractivity contribution is -0.134. The van der Waals surface area contributed by atoms with Gasteiger partial charge in [0.2, 0.25) is 0 Å². The zero-order chi connectivity index (χ0) is 11.9. The zero-order valence-corrected chi connectivity index (χ0v) is 10.5. The van der Waals surface area contributed by atoms with Crippen molar-refractivity contribution in [3.8, 4) is 0 Å². The van der Waals surface area contributed by atoms with Crippen LogP contribution in [-0.4, -0.2) is 24.2 Å². The van der Waals surface area contributed by atoms with E-state index in [9.17, 15) is 0 Å². The zero-order valence-electron chi connectivity index (χ0n) is 10.5. The maximum atomic E-state index is 9.00. The second-order valence-electron chi connectivity index (χ2n) is 3.68. The van der Waals surface area contributed by atoms with E-state index < -0.39 is 5.97 Å². The number of aliphatic carboxylic acids is 1. The first-order chi connectivity index (χ1) is 7.15. The Morgan fingerprint density at radius 1 is 1.00 bits per heavy atom. The Labute approximate surface area is 94.3 Å². The summed E-state index contributed by atoms with van der Waals surface area (Å²) in [6.07, 6.45) is 8.11. The van der Waals surface area contributed by atoms with Gasteiger partial charge >= 0.3 is 0 Å². The highest BCUT2D eigenvalue weighted by Crippen LogP contribution is 1.93. The molecule has 0 aromatic carbocycles. The topological polar surface area (TPSA) is 49.3 Å². The van der Waals surface area contributed by atoms with E-state index in [4.69, 9.17) is 9.90 Å². The smallest absolute Gasteiger partial charge is 0.300 e. The Balaban J connectivity index is 0. The third kappa shape index (κ3) is 31.8. The van der Waals surface area contributed by atoms with Crippen molar-refractivity contribution in [2.75, 3.05) is 13.1 Å². The highest BCUT2D eigenvalue weighted by Gasteiger charge is 1.86. The third-order valence-corrected chi connectivity index (χ3v) is 1.91. The van der Waals surface area contributed by atoms with Crippen molar-refractivity contribution >= 4 is 5.97 Å². The highest BCUT2D eigenvalue weighted by atomic mass is 16.4. The molecule has 0 unspecified atom stereocenters. The number of unbranched alkanes of at least 4 members (excludes halogenated alkanes) is 4. The molecule has 0 saturated heterocycles. The Kier molecular flexibility index (Phi) is 17.8. The van der Waals surface area contributed by atoms with Crippen LogP contribution in [0.1, 0.15) is 59.3 Å². The molecule has 0 bridgehead atoms. The highest BCUT2D eigenvalue weighted by molar-refractivity contribution is 5.62. The molecule has 15 heavy (non-hydrogen) atoms. The molecule has 0 aliphatic heterocycles. The number of nitrogens with one attached hydrogen (secondary N) is 1. The van der Waals surface area contributed by atoms with E-state index in [-0.39, 0.29) is 0 Å². The van der Waals surface area contributed by atoms with Gasteiger partial charge in [-0.2, -0.15) is 0 Å². The fourth-order valence-corrected chi connectivity index (χ4v) is 1.12. The Morgan fingerprint density at radius 3 is 1.60 bits per heavy atom. The van der Waals surface area contributed by atoms with Gasteiger partial charge in [-0.25, -0.2) is 0 Å². The lowest BCUT2D eigenvalue weighted by Gasteiger charge is -2.02. The van der Waals surface area contributed by atoms with Crippen LogP contribution in [0, 0.1) is 0 Å². The quantitative estimate of drug-likeness (QED) is 0.614. The molecule has 0 aliphatic rings. The average Bonchev–Trinajstić information content (AvgIpc) is 2.16. The summed E-state index contributed by atoms with van der Waals surface area (Å²) >= 11 is 0. The fourth-order valence-electron chi connectivity index (χ4n) is 1.12. The molecular weight excluding hydrogens is 190 g/mol. The molecular formula is C12H27NO2. The summed E-state index contributed by atoms with van der Waals surface area (Å²) in [7, 11) is 0. The molecule has 0 fully saturated rings. The van der Waals surface area contributed by atoms with Gasteiger partial charge in [0.25, 0.3) is 5.97 Å². The molecule has 2 N–H and O–H groups in total. The fraction of sp³-hybridized carbons (Fsp3) is 0.917. The van der Waals surface area contributed by atoms with E-state index in [2.05, 4.69) is 19.2 Å². The van der Waals surface area contributed by atoms with Crippen molar-refractivity contribution in [3.63, 3.8) is 0 Å². The summed E-state index contributed by atoms with van der Waals surface area (Å²) in [4.78, 5) is 9.00. The molecule has 0 aromatic rings. The summed E-state index contributed by atoms with van der Waals surface area (Å²) in [6.45, 7) is 8.02. The van der Waals surface area contributed by atoms with Gasteiger partial charge in [0.1, 0.15) is 0 Å². The molecule has 0 heterocycles. The van der Waals surface area contributed by atoms with Gasteiger partial charge in [-0.1, -0.05) is 39.5 Å². The lowest BCUT2D eigenvalue weighted by atomic mass is 10.2. The Hall–Kier alpha value is -0.570. The number of carboxylic acid groups (broad SMARTS) is 1. The van der Waals surface area contributed by atoms with Crippen LogP contribution >= 0.6 is 0 Å². The van der Waals surface area contributed by atoms with Crippen molar-refractivity contribution in [1.29, 1.82) is 0 Å². The van der Waals surface area contributed by atoms with Gasteiger partial charge in [-0.3, -0.25) is 4.79 Å². The summed E-state index contributed by atoms with van der Waals surface area (Å²) in [5.41, 5.74) is 0. The molecule has 0 saturated carbocycles. The maximum Gasteiger partial charge on any atom is 0.300 e. The first kappa shape index (κ1) is 16.8. The predicted molar refractivity (Wildman–Crippen MR) is 65.2 cm³/mol. The molecule has 3 heteroatoms. The number of carbonyl (C=O) groups is 1. The molecule has 0 rings (SSSR count). The minimum absolute atomic E-state index is 0.833. The summed E-state index contributed by atoms with van der Waals surface area (Å²) in [5, 5.41) is 10.9. The van der Waals surface area contributed by atoms with Gasteiger partial charge in [-0.15, -0.1) is 0 Å². The van der Waals surface area contributed by atoms with E-state index >= 15 is 0 Å². The normalized spacial score (nSPS) is 9.27. The van der Waals surface area contributed by atoms with Crippen LogP contribution < -0.4 is 5.32 Å². The second-order valence-corrected chi connectivity index (χ2v) is 3.68. The predicted octanol–water partition coefficient (Wildman–Crippen LogP) is 3.05. The van der Waals surface area contributed by atoms with E-state index in [0.29, 0.717) is 0 Å². The molecule has 3 nitrogen and oxygen atoms in total. The monoisotopic (exact) mass is 217 g/mol. The number of hydrogen-bond acceptors (Lipinski definition) is 2. The first-order valence-corrected chi connectivity index (χ1v) is 6.05. The van der Waals surface area contributed by atoms with Crippen molar-refractivity contribution in [3.05, 3.63) is 0 Å². The standard InChI is InChI=1S/C10H23N.C2H4O2/c1-3-5-7-9-11-10-8-6-4-2;1-2(3)4/h11H,3-10H2,1-2H3;1H3,(H,3,4). The molecule has 0 spiro atoms. The van der Waals surface area contributed by atoms with Crippen LogP contribution in [0.4, 0.5) is 0 Å². The van der Waals surface area contributed by atoms with Crippen molar-refractivity contribution in [2.24, 2.45) is 0 Å². The Morgan fingerprint density at radius 2 is 1.33 bits per heavy atom. The van der Waals surface area contributed by atoms with Gasteiger partial charge in [0.05, 0.1) is 0 Å². The van der Waals surface area contributed by atoms with E-state index in [0.717, 1.165) is 6.92 Å². The van der Waals surface area contributed by atoms with E-state index in [1.165, 1.54) is 51.6 Å². The summed E-state index contributed by atoms with van der Waals surface area (Å²) < 4.78 is 0. The van der Waals surface area contributed by atoms with Crippen LogP contribution in [0.5, 0.6) is 0 Å². The van der Waals surface area contributed by atoms with Crippen LogP contribution in [0.2, 0.25) is 0 Å². The molecule has 92 valence electrons. The third-order valence-electron chi connectivity index (χ3n) is 1.91. The van der Waals surface area contributed by atoms with E-state index in [1.54, 1.807) is 0 Å². The number of rotatable bonds is 8.